The van der Waals surface area contributed by atoms with E-state index in [1.807, 2.05) is 0 Å². The maximum absolute atomic E-state index is 13.4. The van der Waals surface area contributed by atoms with Crippen LogP contribution < -0.4 is 0 Å². The van der Waals surface area contributed by atoms with Gasteiger partial charge in [-0.25, -0.2) is 9.37 Å². The Kier molecular flexibility index (Phi) is 6.86. The van der Waals surface area contributed by atoms with Gasteiger partial charge in [0.1, 0.15) is 11.5 Å². The first-order valence-electron chi connectivity index (χ1n) is 9.52. The van der Waals surface area contributed by atoms with Crippen LogP contribution in [0, 0.1) is 12.7 Å². The molecule has 2 N–H and O–H groups in total. The molecule has 178 valence electrons. The van der Waals surface area contributed by atoms with Crippen molar-refractivity contribution in [3.8, 4) is 5.69 Å². The fourth-order valence-corrected chi connectivity index (χ4v) is 3.96. The Morgan fingerprint density at radius 3 is 2.39 bits per heavy atom. The Morgan fingerprint density at radius 1 is 1.21 bits per heavy atom. The lowest BCUT2D eigenvalue weighted by molar-refractivity contribution is -0.336. The van der Waals surface area contributed by atoms with Crippen LogP contribution in [0.4, 0.5) is 17.6 Å². The van der Waals surface area contributed by atoms with Crippen molar-refractivity contribution in [2.45, 2.75) is 30.6 Å². The van der Waals surface area contributed by atoms with Crippen molar-refractivity contribution >= 4 is 17.7 Å². The van der Waals surface area contributed by atoms with Crippen LogP contribution in [0.5, 0.6) is 0 Å². The average Bonchev–Trinajstić information content (AvgIpc) is 3.28. The van der Waals surface area contributed by atoms with Crippen LogP contribution in [0.25, 0.3) is 5.69 Å². The number of carbonyl (C=O) groups excluding carboxylic acids is 1. The van der Waals surface area contributed by atoms with Gasteiger partial charge >= 0.3 is 6.18 Å². The maximum atomic E-state index is 13.4. The van der Waals surface area contributed by atoms with Gasteiger partial charge in [-0.2, -0.15) is 18.3 Å². The number of imidazole rings is 1. The third-order valence-corrected chi connectivity index (χ3v) is 5.85. The van der Waals surface area contributed by atoms with E-state index in [2.05, 4.69) is 10.1 Å². The lowest BCUT2D eigenvalue weighted by atomic mass is 10.2. The van der Waals surface area contributed by atoms with Crippen LogP contribution in [-0.4, -0.2) is 65.1 Å². The first kappa shape index (κ1) is 24.7. The predicted octanol–water partition coefficient (Wildman–Crippen LogP) is 2.66. The van der Waals surface area contributed by atoms with E-state index in [0.29, 0.717) is 11.8 Å². The number of benzene rings is 1. The number of carbonyl (C=O) groups is 1. The average molecular weight is 487 g/mol. The zero-order valence-corrected chi connectivity index (χ0v) is 18.7. The molecule has 0 unspecified atom stereocenters. The minimum atomic E-state index is -5.28. The second-order valence-corrected chi connectivity index (χ2v) is 8.36. The maximum Gasteiger partial charge on any atom is 0.443 e. The zero-order chi connectivity index (χ0) is 24.6. The molecule has 0 saturated heterocycles. The highest BCUT2D eigenvalue weighted by atomic mass is 32.2. The number of halogens is 4. The summed E-state index contributed by atoms with van der Waals surface area (Å²) in [5.41, 5.74) is 1.79. The van der Waals surface area contributed by atoms with E-state index in [-0.39, 0.29) is 23.1 Å². The lowest BCUT2D eigenvalue weighted by Gasteiger charge is -2.24. The molecule has 0 saturated carbocycles. The third-order valence-electron chi connectivity index (χ3n) is 4.76. The molecule has 3 rings (SSSR count). The minimum Gasteiger partial charge on any atom is -0.358 e. The smallest absolute Gasteiger partial charge is 0.358 e. The summed E-state index contributed by atoms with van der Waals surface area (Å²) < 4.78 is 54.8. The largest absolute Gasteiger partial charge is 0.443 e. The van der Waals surface area contributed by atoms with E-state index in [0.717, 1.165) is 23.4 Å². The van der Waals surface area contributed by atoms with Gasteiger partial charge in [0.05, 0.1) is 17.6 Å². The Balaban J connectivity index is 1.94. The molecule has 1 amide bonds. The molecule has 33 heavy (non-hydrogen) atoms. The quantitative estimate of drug-likeness (QED) is 0.302. The topological polar surface area (TPSA) is 96.4 Å². The number of aliphatic hydroxyl groups is 2. The summed E-state index contributed by atoms with van der Waals surface area (Å²) in [7, 11) is 3.29. The van der Waals surface area contributed by atoms with Crippen LogP contribution in [0.1, 0.15) is 21.7 Å². The van der Waals surface area contributed by atoms with Crippen LogP contribution in [0.3, 0.4) is 0 Å². The normalized spacial score (nSPS) is 12.3. The van der Waals surface area contributed by atoms with Gasteiger partial charge in [0, 0.05) is 38.1 Å². The highest BCUT2D eigenvalue weighted by Gasteiger charge is 2.53. The third kappa shape index (κ3) is 5.37. The highest BCUT2D eigenvalue weighted by Crippen LogP contribution is 2.34. The molecule has 3 aromatic rings. The molecule has 0 aliphatic heterocycles. The van der Waals surface area contributed by atoms with Gasteiger partial charge < -0.3 is 15.1 Å². The van der Waals surface area contributed by atoms with Crippen LogP contribution in [0.15, 0.2) is 41.8 Å². The molecule has 8 nitrogen and oxygen atoms in total. The predicted molar refractivity (Wildman–Crippen MR) is 111 cm³/mol. The number of aryl methyl sites for hydroxylation is 2. The summed E-state index contributed by atoms with van der Waals surface area (Å²) in [6.07, 6.45) is -2.35. The van der Waals surface area contributed by atoms with Crippen molar-refractivity contribution in [1.82, 2.24) is 24.2 Å². The Labute approximate surface area is 190 Å². The molecule has 0 fully saturated rings. The van der Waals surface area contributed by atoms with E-state index in [1.54, 1.807) is 31.9 Å². The molecule has 0 aliphatic rings. The van der Waals surface area contributed by atoms with Crippen molar-refractivity contribution in [1.29, 1.82) is 0 Å². The SMILES string of the molecule is Cc1nn(C)cc1CN(C)C(=O)c1cnc(SCC(O)(O)C(F)(F)F)n1-c1ccc(F)cc1. The summed E-state index contributed by atoms with van der Waals surface area (Å²) >= 11 is 0.394. The van der Waals surface area contributed by atoms with Crippen molar-refractivity contribution < 1.29 is 32.6 Å². The lowest BCUT2D eigenvalue weighted by Crippen LogP contribution is -2.47. The number of alkyl halides is 3. The van der Waals surface area contributed by atoms with Gasteiger partial charge in [0.15, 0.2) is 5.16 Å². The summed E-state index contributed by atoms with van der Waals surface area (Å²) in [6, 6.07) is 4.91. The van der Waals surface area contributed by atoms with E-state index in [1.165, 1.54) is 27.8 Å². The second kappa shape index (κ2) is 9.15. The Morgan fingerprint density at radius 2 is 1.85 bits per heavy atom. The number of hydrogen-bond donors (Lipinski definition) is 2. The number of thioether (sulfide) groups is 1. The number of nitrogens with zero attached hydrogens (tertiary/aromatic N) is 5. The molecule has 0 radical (unpaired) electrons. The summed E-state index contributed by atoms with van der Waals surface area (Å²) in [4.78, 5) is 18.6. The monoisotopic (exact) mass is 487 g/mol. The van der Waals surface area contributed by atoms with Crippen molar-refractivity contribution in [3.63, 3.8) is 0 Å². The molecule has 0 bridgehead atoms. The molecule has 2 heterocycles. The fourth-order valence-electron chi connectivity index (χ4n) is 3.00. The standard InChI is InChI=1S/C20H21F4N5O3S/c1-12-13(10-28(3)26-12)9-27(2)17(30)16-8-25-18(33-11-19(31,32)20(22,23)24)29(16)15-6-4-14(21)5-7-15/h4-8,10,31-32H,9,11H2,1-3H3. The molecular weight excluding hydrogens is 466 g/mol. The molecule has 13 heteroatoms. The summed E-state index contributed by atoms with van der Waals surface area (Å²) in [5, 5.41) is 22.8. The van der Waals surface area contributed by atoms with Gasteiger partial charge in [-0.15, -0.1) is 0 Å². The minimum absolute atomic E-state index is 0.00152. The van der Waals surface area contributed by atoms with Crippen LogP contribution in [0.2, 0.25) is 0 Å². The molecular formula is C20H21F4N5O3S. The molecule has 2 aromatic heterocycles. The van der Waals surface area contributed by atoms with Crippen molar-refractivity contribution in [2.24, 2.45) is 7.05 Å². The van der Waals surface area contributed by atoms with Crippen molar-refractivity contribution in [2.75, 3.05) is 12.8 Å². The molecule has 1 aromatic carbocycles. The fraction of sp³-hybridized carbons (Fsp3) is 0.350. The van der Waals surface area contributed by atoms with Gasteiger partial charge in [0.25, 0.3) is 11.7 Å². The van der Waals surface area contributed by atoms with Gasteiger partial charge in [-0.05, 0) is 31.2 Å². The Hall–Kier alpha value is -2.90. The number of aromatic nitrogens is 4. The molecule has 0 aliphatic carbocycles. The zero-order valence-electron chi connectivity index (χ0n) is 17.8. The van der Waals surface area contributed by atoms with E-state index >= 15 is 0 Å². The van der Waals surface area contributed by atoms with Gasteiger partial charge in [-0.1, -0.05) is 11.8 Å². The van der Waals surface area contributed by atoms with E-state index in [9.17, 15) is 32.6 Å². The van der Waals surface area contributed by atoms with E-state index < -0.39 is 29.4 Å². The summed E-state index contributed by atoms with van der Waals surface area (Å²) in [5.74, 6) is -6.20. The second-order valence-electron chi connectivity index (χ2n) is 7.42. The Bertz CT molecular complexity index is 1140. The number of rotatable bonds is 7. The summed E-state index contributed by atoms with van der Waals surface area (Å²) in [6.45, 7) is 2.00. The first-order chi connectivity index (χ1) is 15.3. The van der Waals surface area contributed by atoms with Gasteiger partial charge in [0.2, 0.25) is 0 Å². The van der Waals surface area contributed by atoms with Crippen LogP contribution in [-0.2, 0) is 13.6 Å². The number of hydrogen-bond acceptors (Lipinski definition) is 6. The molecule has 0 atom stereocenters. The van der Waals surface area contributed by atoms with Gasteiger partial charge in [-0.3, -0.25) is 14.0 Å². The molecule has 0 spiro atoms. The number of amides is 1. The first-order valence-corrected chi connectivity index (χ1v) is 10.5. The highest BCUT2D eigenvalue weighted by molar-refractivity contribution is 7.99. The van der Waals surface area contributed by atoms with Crippen molar-refractivity contribution in [3.05, 3.63) is 59.4 Å². The van der Waals surface area contributed by atoms with Crippen LogP contribution >= 0.6 is 11.8 Å². The van der Waals surface area contributed by atoms with E-state index in [4.69, 9.17) is 0 Å².